The van der Waals surface area contributed by atoms with Crippen molar-refractivity contribution in [3.63, 3.8) is 0 Å². The lowest BCUT2D eigenvalue weighted by atomic mass is 10.1. The van der Waals surface area contributed by atoms with Crippen LogP contribution in [0.15, 0.2) is 36.4 Å². The Hall–Kier alpha value is -3.60. The number of ether oxygens (including phenoxy) is 1. The highest BCUT2D eigenvalue weighted by Crippen LogP contribution is 2.36. The van der Waals surface area contributed by atoms with E-state index in [1.54, 1.807) is 25.2 Å². The van der Waals surface area contributed by atoms with Gasteiger partial charge in [-0.05, 0) is 30.3 Å². The van der Waals surface area contributed by atoms with E-state index in [9.17, 15) is 14.9 Å². The van der Waals surface area contributed by atoms with Crippen LogP contribution in [-0.2, 0) is 4.79 Å². The molecule has 3 rings (SSSR count). The Morgan fingerprint density at radius 3 is 2.83 bits per heavy atom. The number of carbonyl (C=O) groups excluding carboxylic acids is 1. The smallest absolute Gasteiger partial charge is 0.293 e. The van der Waals surface area contributed by atoms with Gasteiger partial charge >= 0.3 is 0 Å². The van der Waals surface area contributed by atoms with Crippen LogP contribution in [0.3, 0.4) is 0 Å². The number of hydrogen-bond acceptors (Lipinski definition) is 6. The topological polar surface area (TPSA) is 108 Å². The minimum Gasteiger partial charge on any atom is -0.482 e. The van der Waals surface area contributed by atoms with Crippen molar-refractivity contribution in [3.8, 4) is 11.8 Å². The highest BCUT2D eigenvalue weighted by molar-refractivity contribution is 5.98. The van der Waals surface area contributed by atoms with Crippen molar-refractivity contribution in [1.82, 2.24) is 0 Å². The number of amides is 1. The van der Waals surface area contributed by atoms with Crippen LogP contribution >= 0.6 is 0 Å². The fourth-order valence-corrected chi connectivity index (χ4v) is 2.36. The lowest BCUT2D eigenvalue weighted by molar-refractivity contribution is -0.383. The predicted molar refractivity (Wildman–Crippen MR) is 86.4 cm³/mol. The van der Waals surface area contributed by atoms with Crippen LogP contribution in [0.1, 0.15) is 5.56 Å². The Morgan fingerprint density at radius 1 is 1.33 bits per heavy atom. The summed E-state index contributed by atoms with van der Waals surface area (Å²) in [5.41, 5.74) is 1.40. The number of hydrogen-bond donors (Lipinski definition) is 1. The maximum atomic E-state index is 11.7. The molecule has 1 N–H and O–H groups in total. The van der Waals surface area contributed by atoms with Crippen molar-refractivity contribution < 1.29 is 14.5 Å². The van der Waals surface area contributed by atoms with Gasteiger partial charge < -0.3 is 15.0 Å². The lowest BCUT2D eigenvalue weighted by Crippen LogP contribution is -2.35. The van der Waals surface area contributed by atoms with E-state index in [2.05, 4.69) is 5.32 Å². The van der Waals surface area contributed by atoms with Crippen LogP contribution in [0.2, 0.25) is 0 Å². The van der Waals surface area contributed by atoms with Crippen LogP contribution in [0.25, 0.3) is 0 Å². The summed E-state index contributed by atoms with van der Waals surface area (Å²) in [6.45, 7) is -0.0165. The first kappa shape index (κ1) is 15.3. The van der Waals surface area contributed by atoms with Crippen LogP contribution < -0.4 is 15.0 Å². The molecule has 1 amide bonds. The molecular formula is C16H12N4O4. The molecule has 0 saturated carbocycles. The molecule has 0 spiro atoms. The molecule has 0 saturated heterocycles. The summed E-state index contributed by atoms with van der Waals surface area (Å²) in [7, 11) is 1.64. The van der Waals surface area contributed by atoms with Crippen molar-refractivity contribution in [1.29, 1.82) is 5.26 Å². The summed E-state index contributed by atoms with van der Waals surface area (Å²) in [6.07, 6.45) is 0. The maximum Gasteiger partial charge on any atom is 0.293 e. The molecule has 2 aromatic rings. The van der Waals surface area contributed by atoms with Gasteiger partial charge in [0.25, 0.3) is 11.6 Å². The number of nitriles is 1. The van der Waals surface area contributed by atoms with Gasteiger partial charge in [0.15, 0.2) is 6.61 Å². The summed E-state index contributed by atoms with van der Waals surface area (Å²) < 4.78 is 5.34. The summed E-state index contributed by atoms with van der Waals surface area (Å²) >= 11 is 0. The Bertz CT molecular complexity index is 888. The van der Waals surface area contributed by atoms with E-state index in [-0.39, 0.29) is 29.5 Å². The molecule has 0 fully saturated rings. The molecule has 0 atom stereocenters. The standard InChI is InChI=1S/C16H12N4O4/c1-19-14-7-11(3-5-15(14)24-9-16(19)21)18-12-4-2-10(8-17)6-13(12)20(22)23/h2-7,18H,9H2,1H3. The molecule has 8 heteroatoms. The molecule has 0 aliphatic carbocycles. The van der Waals surface area contributed by atoms with Crippen LogP contribution in [-0.4, -0.2) is 24.5 Å². The van der Waals surface area contributed by atoms with E-state index >= 15 is 0 Å². The first-order valence-corrected chi connectivity index (χ1v) is 6.98. The van der Waals surface area contributed by atoms with E-state index in [1.165, 1.54) is 23.1 Å². The third-order valence-electron chi connectivity index (χ3n) is 3.65. The minimum absolute atomic E-state index is 0.0165. The molecule has 0 unspecified atom stereocenters. The quantitative estimate of drug-likeness (QED) is 0.686. The Labute approximate surface area is 137 Å². The first-order chi connectivity index (χ1) is 11.5. The fraction of sp³-hybridized carbons (Fsp3) is 0.125. The Morgan fingerprint density at radius 2 is 2.12 bits per heavy atom. The molecule has 1 aliphatic rings. The van der Waals surface area contributed by atoms with Crippen molar-refractivity contribution in [2.24, 2.45) is 0 Å². The molecule has 0 bridgehead atoms. The zero-order chi connectivity index (χ0) is 17.3. The molecule has 2 aromatic carbocycles. The van der Waals surface area contributed by atoms with Gasteiger partial charge in [-0.1, -0.05) is 0 Å². The maximum absolute atomic E-state index is 11.7. The van der Waals surface area contributed by atoms with Gasteiger partial charge in [-0.15, -0.1) is 0 Å². The summed E-state index contributed by atoms with van der Waals surface area (Å²) in [4.78, 5) is 23.8. The number of benzene rings is 2. The number of nitro groups is 1. The monoisotopic (exact) mass is 324 g/mol. The number of anilines is 3. The van der Waals surface area contributed by atoms with E-state index in [1.807, 2.05) is 6.07 Å². The SMILES string of the molecule is CN1C(=O)COc2ccc(Nc3ccc(C#N)cc3[N+](=O)[O-])cc21. The number of fused-ring (bicyclic) bond motifs is 1. The molecule has 8 nitrogen and oxygen atoms in total. The predicted octanol–water partition coefficient (Wildman–Crippen LogP) is 2.57. The number of rotatable bonds is 3. The molecule has 0 radical (unpaired) electrons. The van der Waals surface area contributed by atoms with Gasteiger partial charge in [0, 0.05) is 18.8 Å². The zero-order valence-corrected chi connectivity index (χ0v) is 12.6. The fourth-order valence-electron chi connectivity index (χ4n) is 2.36. The van der Waals surface area contributed by atoms with Gasteiger partial charge in [-0.25, -0.2) is 0 Å². The number of nitrogens with zero attached hydrogens (tertiary/aromatic N) is 3. The van der Waals surface area contributed by atoms with Crippen molar-refractivity contribution >= 4 is 28.7 Å². The Balaban J connectivity index is 1.97. The van der Waals surface area contributed by atoms with E-state index in [0.717, 1.165) is 0 Å². The summed E-state index contributed by atoms with van der Waals surface area (Å²) in [5, 5.41) is 23.0. The second kappa shape index (κ2) is 5.89. The third-order valence-corrected chi connectivity index (χ3v) is 3.65. The highest BCUT2D eigenvalue weighted by atomic mass is 16.6. The largest absolute Gasteiger partial charge is 0.482 e. The third kappa shape index (κ3) is 2.70. The second-order valence-electron chi connectivity index (χ2n) is 5.15. The van der Waals surface area contributed by atoms with E-state index in [0.29, 0.717) is 17.1 Å². The second-order valence-corrected chi connectivity index (χ2v) is 5.15. The normalized spacial score (nSPS) is 12.8. The van der Waals surface area contributed by atoms with Crippen molar-refractivity contribution in [3.05, 3.63) is 52.1 Å². The van der Waals surface area contributed by atoms with Gasteiger partial charge in [0.05, 0.1) is 22.2 Å². The van der Waals surface area contributed by atoms with Gasteiger partial charge in [-0.3, -0.25) is 14.9 Å². The molecule has 1 aliphatic heterocycles. The van der Waals surface area contributed by atoms with Gasteiger partial charge in [0.1, 0.15) is 11.4 Å². The molecule has 120 valence electrons. The van der Waals surface area contributed by atoms with Crippen LogP contribution in [0.5, 0.6) is 5.75 Å². The molecule has 0 aromatic heterocycles. The average molecular weight is 324 g/mol. The summed E-state index contributed by atoms with van der Waals surface area (Å²) in [6, 6.07) is 11.1. The number of nitro benzene ring substituents is 1. The molecule has 1 heterocycles. The minimum atomic E-state index is -0.555. The lowest BCUT2D eigenvalue weighted by Gasteiger charge is -2.26. The highest BCUT2D eigenvalue weighted by Gasteiger charge is 2.23. The van der Waals surface area contributed by atoms with Crippen molar-refractivity contribution in [2.45, 2.75) is 0 Å². The molecular weight excluding hydrogens is 312 g/mol. The summed E-state index contributed by atoms with van der Waals surface area (Å²) in [5.74, 6) is 0.390. The zero-order valence-electron chi connectivity index (χ0n) is 12.6. The number of nitrogens with one attached hydrogen (secondary N) is 1. The van der Waals surface area contributed by atoms with Gasteiger partial charge in [0.2, 0.25) is 0 Å². The van der Waals surface area contributed by atoms with Gasteiger partial charge in [-0.2, -0.15) is 5.26 Å². The van der Waals surface area contributed by atoms with Crippen molar-refractivity contribution in [2.75, 3.05) is 23.9 Å². The van der Waals surface area contributed by atoms with Crippen LogP contribution in [0.4, 0.5) is 22.7 Å². The molecule has 24 heavy (non-hydrogen) atoms. The Kier molecular flexibility index (Phi) is 3.75. The first-order valence-electron chi connectivity index (χ1n) is 6.98. The van der Waals surface area contributed by atoms with E-state index < -0.39 is 4.92 Å². The number of likely N-dealkylation sites (N-methyl/N-ethyl adjacent to an activating group) is 1. The van der Waals surface area contributed by atoms with Crippen LogP contribution in [0, 0.1) is 21.4 Å². The average Bonchev–Trinajstić information content (AvgIpc) is 2.58. The van der Waals surface area contributed by atoms with E-state index in [4.69, 9.17) is 10.00 Å². The number of carbonyl (C=O) groups is 1.